The second kappa shape index (κ2) is 6.55. The molecule has 1 aromatic rings. The normalized spacial score (nSPS) is 13.0. The fourth-order valence-corrected chi connectivity index (χ4v) is 1.77. The molecule has 0 N–H and O–H groups in total. The topological polar surface area (TPSA) is 12.9 Å². The van der Waals surface area contributed by atoms with Crippen LogP contribution in [0.25, 0.3) is 5.57 Å². The van der Waals surface area contributed by atoms with Gasteiger partial charge < -0.3 is 0 Å². The van der Waals surface area contributed by atoms with Gasteiger partial charge in [0, 0.05) is 11.3 Å². The average molecular weight is 281 g/mol. The van der Waals surface area contributed by atoms with Gasteiger partial charge in [-0.25, -0.2) is 4.98 Å². The summed E-state index contributed by atoms with van der Waals surface area (Å²) in [4.78, 5) is 3.64. The second-order valence-corrected chi connectivity index (χ2v) is 4.52. The van der Waals surface area contributed by atoms with Crippen molar-refractivity contribution < 1.29 is 13.2 Å². The third kappa shape index (κ3) is 4.08. The summed E-state index contributed by atoms with van der Waals surface area (Å²) in [5.41, 5.74) is 1.73. The van der Waals surface area contributed by atoms with Gasteiger partial charge in [0.1, 0.15) is 5.69 Å². The molecule has 0 unspecified atom stereocenters. The molecule has 20 heavy (non-hydrogen) atoms. The predicted octanol–water partition coefficient (Wildman–Crippen LogP) is 5.33. The van der Waals surface area contributed by atoms with E-state index in [1.807, 2.05) is 32.1 Å². The Morgan fingerprint density at radius 3 is 2.45 bits per heavy atom. The number of hydrogen-bond donors (Lipinski definition) is 0. The number of allylic oxidation sites excluding steroid dienone is 5. The molecule has 0 aromatic carbocycles. The van der Waals surface area contributed by atoms with Crippen molar-refractivity contribution in [2.24, 2.45) is 0 Å². The van der Waals surface area contributed by atoms with E-state index in [9.17, 15) is 13.2 Å². The van der Waals surface area contributed by atoms with Crippen molar-refractivity contribution >= 4 is 5.57 Å². The van der Waals surface area contributed by atoms with Crippen molar-refractivity contribution in [1.82, 2.24) is 4.98 Å². The summed E-state index contributed by atoms with van der Waals surface area (Å²) in [6.45, 7) is 9.28. The van der Waals surface area contributed by atoms with Crippen LogP contribution in [0.3, 0.4) is 0 Å². The first-order valence-corrected chi connectivity index (χ1v) is 6.35. The number of alkyl halides is 3. The zero-order valence-corrected chi connectivity index (χ0v) is 11.9. The summed E-state index contributed by atoms with van der Waals surface area (Å²) < 4.78 is 37.8. The predicted molar refractivity (Wildman–Crippen MR) is 76.2 cm³/mol. The van der Waals surface area contributed by atoms with Crippen molar-refractivity contribution in [2.45, 2.75) is 33.4 Å². The number of halogens is 3. The maximum Gasteiger partial charge on any atom is 0.433 e. The minimum atomic E-state index is -4.42. The Kier molecular flexibility index (Phi) is 5.31. The molecule has 1 aromatic heterocycles. The number of rotatable bonds is 4. The molecule has 1 nitrogen and oxygen atoms in total. The molecule has 0 saturated carbocycles. The van der Waals surface area contributed by atoms with E-state index < -0.39 is 11.9 Å². The van der Waals surface area contributed by atoms with Crippen molar-refractivity contribution in [2.75, 3.05) is 0 Å². The summed E-state index contributed by atoms with van der Waals surface area (Å²) in [5, 5.41) is 0. The monoisotopic (exact) mass is 281 g/mol. The van der Waals surface area contributed by atoms with Crippen LogP contribution >= 0.6 is 0 Å². The number of pyridine rings is 1. The van der Waals surface area contributed by atoms with Crippen LogP contribution in [0.2, 0.25) is 0 Å². The minimum Gasteiger partial charge on any atom is -0.248 e. The summed E-state index contributed by atoms with van der Waals surface area (Å²) in [7, 11) is 0. The number of aryl methyl sites for hydroxylation is 1. The van der Waals surface area contributed by atoms with Gasteiger partial charge in [0.05, 0.1) is 0 Å². The highest BCUT2D eigenvalue weighted by Crippen LogP contribution is 2.31. The highest BCUT2D eigenvalue weighted by molar-refractivity contribution is 5.80. The molecule has 0 aliphatic carbocycles. The Bertz CT molecular complexity index is 551. The molecule has 1 heterocycles. The van der Waals surface area contributed by atoms with Gasteiger partial charge in [-0.05, 0) is 31.9 Å². The maximum absolute atomic E-state index is 12.6. The number of hydrogen-bond acceptors (Lipinski definition) is 1. The van der Waals surface area contributed by atoms with Crippen molar-refractivity contribution in [3.63, 3.8) is 0 Å². The minimum absolute atomic E-state index is 0.346. The van der Waals surface area contributed by atoms with Gasteiger partial charge in [0.15, 0.2) is 0 Å². The zero-order chi connectivity index (χ0) is 15.3. The van der Waals surface area contributed by atoms with Crippen LogP contribution in [0.1, 0.15) is 37.2 Å². The van der Waals surface area contributed by atoms with E-state index in [1.165, 1.54) is 6.07 Å². The molecule has 0 spiro atoms. The molecule has 108 valence electrons. The van der Waals surface area contributed by atoms with Crippen LogP contribution < -0.4 is 0 Å². The first kappa shape index (κ1) is 16.2. The summed E-state index contributed by atoms with van der Waals surface area (Å²) in [5.74, 6) is 0. The van der Waals surface area contributed by atoms with E-state index >= 15 is 0 Å². The van der Waals surface area contributed by atoms with Gasteiger partial charge in [-0.2, -0.15) is 13.2 Å². The zero-order valence-electron chi connectivity index (χ0n) is 11.9. The molecule has 0 amide bonds. The molecule has 1 rings (SSSR count). The van der Waals surface area contributed by atoms with E-state index in [2.05, 4.69) is 11.6 Å². The first-order valence-electron chi connectivity index (χ1n) is 6.35. The lowest BCUT2D eigenvalue weighted by Crippen LogP contribution is -2.09. The maximum atomic E-state index is 12.6. The van der Waals surface area contributed by atoms with Crippen molar-refractivity contribution in [3.8, 4) is 0 Å². The Labute approximate surface area is 117 Å². The van der Waals surface area contributed by atoms with Gasteiger partial charge >= 0.3 is 6.18 Å². The Morgan fingerprint density at radius 1 is 1.35 bits per heavy atom. The van der Waals surface area contributed by atoms with Crippen molar-refractivity contribution in [3.05, 3.63) is 59.5 Å². The summed E-state index contributed by atoms with van der Waals surface area (Å²) >= 11 is 0. The second-order valence-electron chi connectivity index (χ2n) is 4.52. The molecule has 0 fully saturated rings. The van der Waals surface area contributed by atoms with Crippen LogP contribution in [-0.2, 0) is 6.18 Å². The fraction of sp³-hybridized carbons (Fsp3) is 0.312. The van der Waals surface area contributed by atoms with Crippen LogP contribution in [0.15, 0.2) is 42.5 Å². The van der Waals surface area contributed by atoms with Crippen LogP contribution in [-0.4, -0.2) is 4.98 Å². The lowest BCUT2D eigenvalue weighted by molar-refractivity contribution is -0.141. The summed E-state index contributed by atoms with van der Waals surface area (Å²) in [6, 6.07) is 2.45. The van der Waals surface area contributed by atoms with Crippen LogP contribution in [0.5, 0.6) is 0 Å². The van der Waals surface area contributed by atoms with E-state index in [4.69, 9.17) is 0 Å². The van der Waals surface area contributed by atoms with E-state index in [1.54, 1.807) is 6.92 Å². The van der Waals surface area contributed by atoms with Gasteiger partial charge in [0.25, 0.3) is 0 Å². The summed E-state index contributed by atoms with van der Waals surface area (Å²) in [6.07, 6.45) is 2.17. The molecule has 0 aliphatic heterocycles. The van der Waals surface area contributed by atoms with Gasteiger partial charge in [-0.3, -0.25) is 0 Å². The first-order chi connectivity index (χ1) is 9.27. The van der Waals surface area contributed by atoms with Crippen LogP contribution in [0.4, 0.5) is 13.2 Å². The smallest absolute Gasteiger partial charge is 0.248 e. The SMILES string of the molecule is C=C(C)C(=CC=CCC)c1ccc(C(F)(F)F)nc1C. The standard InChI is InChI=1S/C16H18F3N/c1-5-6-7-8-13(11(2)3)14-9-10-15(16(17,18)19)20-12(14)4/h6-10H,2,5H2,1,3-4H3. The molecule has 0 bridgehead atoms. The molecule has 0 radical (unpaired) electrons. The quantitative estimate of drug-likeness (QED) is 0.679. The number of nitrogens with zero attached hydrogens (tertiary/aromatic N) is 1. The van der Waals surface area contributed by atoms with Gasteiger partial charge in [-0.1, -0.05) is 43.4 Å². The Hall–Kier alpha value is -1.84. The molecule has 0 atom stereocenters. The fourth-order valence-electron chi connectivity index (χ4n) is 1.77. The van der Waals surface area contributed by atoms with Gasteiger partial charge in [0.2, 0.25) is 0 Å². The molecule has 0 saturated heterocycles. The van der Waals surface area contributed by atoms with Crippen LogP contribution in [0, 0.1) is 6.92 Å². The average Bonchev–Trinajstić information content (AvgIpc) is 2.34. The van der Waals surface area contributed by atoms with E-state index in [0.29, 0.717) is 11.3 Å². The van der Waals surface area contributed by atoms with E-state index in [0.717, 1.165) is 23.6 Å². The third-order valence-electron chi connectivity index (χ3n) is 2.76. The highest BCUT2D eigenvalue weighted by atomic mass is 19.4. The number of aromatic nitrogens is 1. The lowest BCUT2D eigenvalue weighted by Gasteiger charge is -2.12. The molecular formula is C16H18F3N. The Morgan fingerprint density at radius 2 is 2.00 bits per heavy atom. The molecule has 0 aliphatic rings. The lowest BCUT2D eigenvalue weighted by atomic mass is 9.98. The molecular weight excluding hydrogens is 263 g/mol. The van der Waals surface area contributed by atoms with Gasteiger partial charge in [-0.15, -0.1) is 0 Å². The highest BCUT2D eigenvalue weighted by Gasteiger charge is 2.32. The Balaban J connectivity index is 3.27. The third-order valence-corrected chi connectivity index (χ3v) is 2.76. The van der Waals surface area contributed by atoms with E-state index in [-0.39, 0.29) is 0 Å². The largest absolute Gasteiger partial charge is 0.433 e. The van der Waals surface area contributed by atoms with Crippen molar-refractivity contribution in [1.29, 1.82) is 0 Å². The molecule has 4 heteroatoms.